The molecule has 4 amide bonds. The number of likely N-dealkylation sites (tertiary alicyclic amines) is 1. The highest BCUT2D eigenvalue weighted by Crippen LogP contribution is 2.31. The fourth-order valence-corrected chi connectivity index (χ4v) is 5.08. The first-order chi connectivity index (χ1) is 17.3. The van der Waals surface area contributed by atoms with E-state index in [1.54, 1.807) is 23.1 Å². The van der Waals surface area contributed by atoms with Gasteiger partial charge in [0.15, 0.2) is 0 Å². The highest BCUT2D eigenvalue weighted by Gasteiger charge is 2.39. The van der Waals surface area contributed by atoms with Crippen LogP contribution >= 0.6 is 0 Å². The van der Waals surface area contributed by atoms with Gasteiger partial charge in [0.05, 0.1) is 11.7 Å². The number of nitrogens with one attached hydrogen (secondary N) is 1. The van der Waals surface area contributed by atoms with E-state index in [9.17, 15) is 19.2 Å². The van der Waals surface area contributed by atoms with Gasteiger partial charge in [-0.15, -0.1) is 0 Å². The van der Waals surface area contributed by atoms with Crippen molar-refractivity contribution in [3.05, 3.63) is 46.8 Å². The summed E-state index contributed by atoms with van der Waals surface area (Å²) < 4.78 is 11.4. The van der Waals surface area contributed by atoms with Gasteiger partial charge in [-0.05, 0) is 55.4 Å². The smallest absolute Gasteiger partial charge is 0.292 e. The third kappa shape index (κ3) is 4.59. The molecule has 1 aromatic heterocycles. The van der Waals surface area contributed by atoms with Crippen molar-refractivity contribution < 1.29 is 28.4 Å². The Morgan fingerprint density at radius 3 is 2.78 bits per heavy atom. The normalized spacial score (nSPS) is 22.1. The number of carbonyl (C=O) groups is 4. The van der Waals surface area contributed by atoms with Crippen LogP contribution < -0.4 is 10.1 Å². The molecule has 2 fully saturated rings. The Morgan fingerprint density at radius 1 is 1.19 bits per heavy atom. The van der Waals surface area contributed by atoms with E-state index in [1.807, 2.05) is 19.9 Å². The summed E-state index contributed by atoms with van der Waals surface area (Å²) in [6.45, 7) is 5.23. The summed E-state index contributed by atoms with van der Waals surface area (Å²) in [6.07, 6.45) is 3.29. The topological polar surface area (TPSA) is 122 Å². The largest absolute Gasteiger partial charge is 0.491 e. The molecule has 10 nitrogen and oxygen atoms in total. The minimum absolute atomic E-state index is 0.103. The number of hydrogen-bond acceptors (Lipinski definition) is 7. The monoisotopic (exact) mass is 494 g/mol. The second-order valence-electron chi connectivity index (χ2n) is 9.95. The Kier molecular flexibility index (Phi) is 6.51. The van der Waals surface area contributed by atoms with E-state index in [0.29, 0.717) is 30.9 Å². The number of amides is 4. The molecular formula is C26H30N4O6. The summed E-state index contributed by atoms with van der Waals surface area (Å²) in [6, 6.07) is 6.23. The average molecular weight is 495 g/mol. The van der Waals surface area contributed by atoms with Crippen LogP contribution in [0.15, 0.2) is 28.8 Å². The van der Waals surface area contributed by atoms with Crippen LogP contribution in [0.1, 0.15) is 84.0 Å². The fraction of sp³-hybridized carbons (Fsp3) is 0.500. The van der Waals surface area contributed by atoms with Gasteiger partial charge in [0.1, 0.15) is 18.4 Å². The molecule has 2 atom stereocenters. The number of fused-ring (bicyclic) bond motifs is 1. The number of carbonyl (C=O) groups excluding carboxylic acids is 4. The maximum absolute atomic E-state index is 13.1. The van der Waals surface area contributed by atoms with E-state index in [4.69, 9.17) is 9.26 Å². The summed E-state index contributed by atoms with van der Waals surface area (Å²) in [7, 11) is 0. The molecule has 190 valence electrons. The van der Waals surface area contributed by atoms with Gasteiger partial charge in [0.25, 0.3) is 11.8 Å². The highest BCUT2D eigenvalue weighted by atomic mass is 16.5. The first-order valence-electron chi connectivity index (χ1n) is 12.5. The lowest BCUT2D eigenvalue weighted by atomic mass is 10.0. The Morgan fingerprint density at radius 2 is 2.03 bits per heavy atom. The zero-order valence-electron chi connectivity index (χ0n) is 20.5. The molecule has 0 saturated carbocycles. The van der Waals surface area contributed by atoms with Crippen molar-refractivity contribution in [1.82, 2.24) is 20.3 Å². The quantitative estimate of drug-likeness (QED) is 0.613. The molecule has 3 aliphatic rings. The zero-order valence-corrected chi connectivity index (χ0v) is 20.5. The van der Waals surface area contributed by atoms with Crippen molar-refractivity contribution in [3.8, 4) is 5.75 Å². The van der Waals surface area contributed by atoms with E-state index >= 15 is 0 Å². The minimum Gasteiger partial charge on any atom is -0.491 e. The second-order valence-corrected chi connectivity index (χ2v) is 9.95. The molecule has 5 rings (SSSR count). The molecule has 36 heavy (non-hydrogen) atoms. The molecule has 0 spiro atoms. The second kappa shape index (κ2) is 9.75. The molecule has 3 aliphatic heterocycles. The number of piperidine rings is 2. The van der Waals surface area contributed by atoms with Crippen LogP contribution in [0.4, 0.5) is 0 Å². The number of benzene rings is 1. The molecule has 0 bridgehead atoms. The van der Waals surface area contributed by atoms with Crippen LogP contribution in [0.5, 0.6) is 5.75 Å². The van der Waals surface area contributed by atoms with Crippen LogP contribution in [0.3, 0.4) is 0 Å². The number of imide groups is 1. The SMILES string of the molecule is CC(C)c1cc(C(=O)N2CCCCC2COc2ccc3c(c2)CN(C2CCC(=O)NC2=O)C3=O)on1. The number of aromatic nitrogens is 1. The van der Waals surface area contributed by atoms with Gasteiger partial charge in [-0.25, -0.2) is 0 Å². The molecular weight excluding hydrogens is 464 g/mol. The van der Waals surface area contributed by atoms with Crippen molar-refractivity contribution in [2.24, 2.45) is 0 Å². The fourth-order valence-electron chi connectivity index (χ4n) is 5.08. The van der Waals surface area contributed by atoms with Crippen molar-refractivity contribution in [1.29, 1.82) is 0 Å². The molecule has 4 heterocycles. The molecule has 0 radical (unpaired) electrons. The Labute approximate surface area is 208 Å². The van der Waals surface area contributed by atoms with Crippen LogP contribution in [-0.2, 0) is 16.1 Å². The van der Waals surface area contributed by atoms with Crippen molar-refractivity contribution in [3.63, 3.8) is 0 Å². The van der Waals surface area contributed by atoms with Gasteiger partial charge in [-0.1, -0.05) is 19.0 Å². The number of hydrogen-bond donors (Lipinski definition) is 1. The zero-order chi connectivity index (χ0) is 25.4. The molecule has 2 saturated heterocycles. The molecule has 1 N–H and O–H groups in total. The third-order valence-electron chi connectivity index (χ3n) is 7.16. The average Bonchev–Trinajstić information content (AvgIpc) is 3.48. The third-order valence-corrected chi connectivity index (χ3v) is 7.16. The van der Waals surface area contributed by atoms with Gasteiger partial charge in [-0.2, -0.15) is 0 Å². The highest BCUT2D eigenvalue weighted by molar-refractivity contribution is 6.05. The van der Waals surface area contributed by atoms with E-state index in [0.717, 1.165) is 30.5 Å². The Bertz CT molecular complexity index is 1200. The predicted molar refractivity (Wildman–Crippen MR) is 127 cm³/mol. The van der Waals surface area contributed by atoms with Crippen molar-refractivity contribution in [2.45, 2.75) is 70.5 Å². The van der Waals surface area contributed by atoms with Crippen molar-refractivity contribution in [2.75, 3.05) is 13.2 Å². The number of nitrogens with zero attached hydrogens (tertiary/aromatic N) is 3. The van der Waals surface area contributed by atoms with Gasteiger partial charge < -0.3 is 19.1 Å². The summed E-state index contributed by atoms with van der Waals surface area (Å²) in [5.41, 5.74) is 2.07. The first-order valence-corrected chi connectivity index (χ1v) is 12.5. The Balaban J connectivity index is 1.24. The number of rotatable bonds is 6. The molecule has 10 heteroatoms. The summed E-state index contributed by atoms with van der Waals surface area (Å²) in [5, 5.41) is 6.33. The van der Waals surface area contributed by atoms with E-state index < -0.39 is 11.9 Å². The lowest BCUT2D eigenvalue weighted by molar-refractivity contribution is -0.136. The summed E-state index contributed by atoms with van der Waals surface area (Å²) in [4.78, 5) is 53.1. The molecule has 2 aromatic rings. The van der Waals surface area contributed by atoms with Gasteiger partial charge >= 0.3 is 0 Å². The molecule has 1 aromatic carbocycles. The van der Waals surface area contributed by atoms with E-state index in [2.05, 4.69) is 10.5 Å². The minimum atomic E-state index is -0.652. The maximum atomic E-state index is 13.1. The lowest BCUT2D eigenvalue weighted by Crippen LogP contribution is -2.52. The van der Waals surface area contributed by atoms with E-state index in [1.165, 1.54) is 4.90 Å². The molecule has 0 aliphatic carbocycles. The first kappa shape index (κ1) is 24.0. The molecule has 2 unspecified atom stereocenters. The standard InChI is InChI=1S/C26H30N4O6/c1-15(2)20-12-22(36-28-20)26(34)29-10-4-3-5-17(29)14-35-18-6-7-19-16(11-18)13-30(25(19)33)21-8-9-23(31)27-24(21)32/h6-7,11-12,15,17,21H,3-5,8-10,13-14H2,1-2H3,(H,27,31,32). The lowest BCUT2D eigenvalue weighted by Gasteiger charge is -2.34. The summed E-state index contributed by atoms with van der Waals surface area (Å²) >= 11 is 0. The van der Waals surface area contributed by atoms with Crippen molar-refractivity contribution >= 4 is 23.6 Å². The maximum Gasteiger partial charge on any atom is 0.292 e. The van der Waals surface area contributed by atoms with Gasteiger partial charge in [0.2, 0.25) is 17.6 Å². The van der Waals surface area contributed by atoms with Gasteiger partial charge in [-0.3, -0.25) is 24.5 Å². The van der Waals surface area contributed by atoms with Crippen LogP contribution in [0.25, 0.3) is 0 Å². The van der Waals surface area contributed by atoms with Gasteiger partial charge in [0, 0.05) is 31.1 Å². The van der Waals surface area contributed by atoms with Crippen LogP contribution in [0, 0.1) is 0 Å². The summed E-state index contributed by atoms with van der Waals surface area (Å²) in [5.74, 6) is -0.117. The van der Waals surface area contributed by atoms with E-state index in [-0.39, 0.29) is 48.4 Å². The van der Waals surface area contributed by atoms with Crippen LogP contribution in [-0.4, -0.2) is 63.8 Å². The number of ether oxygens (including phenoxy) is 1. The van der Waals surface area contributed by atoms with Crippen LogP contribution in [0.2, 0.25) is 0 Å². The predicted octanol–water partition coefficient (Wildman–Crippen LogP) is 2.63. The Hall–Kier alpha value is -3.69.